The fourth-order valence-electron chi connectivity index (χ4n) is 1.89. The Morgan fingerprint density at radius 1 is 1.05 bits per heavy atom. The maximum atomic E-state index is 12.2. The molecule has 0 fully saturated rings. The molecule has 3 rings (SSSR count). The summed E-state index contributed by atoms with van der Waals surface area (Å²) in [6, 6.07) is 6.87. The van der Waals surface area contributed by atoms with E-state index in [0.29, 0.717) is 10.7 Å². The molecule has 1 aromatic carbocycles. The van der Waals surface area contributed by atoms with Crippen LogP contribution in [0.1, 0.15) is 21.0 Å². The van der Waals surface area contributed by atoms with Crippen molar-refractivity contribution in [1.29, 1.82) is 0 Å². The van der Waals surface area contributed by atoms with Crippen LogP contribution in [0.15, 0.2) is 48.4 Å². The van der Waals surface area contributed by atoms with Crippen molar-refractivity contribution in [3.05, 3.63) is 64.8 Å². The van der Waals surface area contributed by atoms with Crippen LogP contribution in [0.2, 0.25) is 5.02 Å². The van der Waals surface area contributed by atoms with E-state index in [1.165, 1.54) is 18.5 Å². The Kier molecular flexibility index (Phi) is 3.04. The number of nitrogens with one attached hydrogen (secondary N) is 1. The fraction of sp³-hybridized carbons (Fsp3) is 0. The topological polar surface area (TPSA) is 72.0 Å². The largest absolute Gasteiger partial charge is 0.352 e. The standard InChI is InChI=1S/C14H8ClN3O2/c15-8-2-1-3-9(6-8)18-10-7-11(19)12-13(14(10)20)17-5-4-16-12/h1-7,18H. The molecule has 0 spiro atoms. The number of fused-ring (bicyclic) bond motifs is 1. The monoisotopic (exact) mass is 285 g/mol. The van der Waals surface area contributed by atoms with E-state index in [9.17, 15) is 9.59 Å². The number of carbonyl (C=O) groups excluding carboxylic acids is 2. The number of ketones is 2. The van der Waals surface area contributed by atoms with Gasteiger partial charge in [0.2, 0.25) is 11.6 Å². The number of anilines is 1. The minimum atomic E-state index is -0.368. The minimum absolute atomic E-state index is 0.0597. The molecule has 1 aromatic heterocycles. The number of carbonyl (C=O) groups is 2. The third-order valence-corrected chi connectivity index (χ3v) is 3.01. The quantitative estimate of drug-likeness (QED) is 0.918. The first kappa shape index (κ1) is 12.5. The molecule has 0 bridgehead atoms. The average molecular weight is 286 g/mol. The third kappa shape index (κ3) is 2.19. The number of hydrogen-bond acceptors (Lipinski definition) is 5. The maximum absolute atomic E-state index is 12.2. The number of allylic oxidation sites excluding steroid dienone is 2. The zero-order valence-corrected chi connectivity index (χ0v) is 10.9. The van der Waals surface area contributed by atoms with Gasteiger partial charge in [-0.1, -0.05) is 17.7 Å². The number of nitrogens with zero attached hydrogens (tertiary/aromatic N) is 2. The van der Waals surface area contributed by atoms with Crippen molar-refractivity contribution in [2.45, 2.75) is 0 Å². The first-order valence-corrected chi connectivity index (χ1v) is 6.17. The number of benzene rings is 1. The lowest BCUT2D eigenvalue weighted by Crippen LogP contribution is -2.23. The Bertz CT molecular complexity index is 756. The summed E-state index contributed by atoms with van der Waals surface area (Å²) in [5.74, 6) is -0.718. The molecule has 5 nitrogen and oxygen atoms in total. The van der Waals surface area contributed by atoms with Gasteiger partial charge in [0.15, 0.2) is 0 Å². The van der Waals surface area contributed by atoms with Crippen molar-refractivity contribution >= 4 is 28.9 Å². The first-order valence-electron chi connectivity index (χ1n) is 5.79. The van der Waals surface area contributed by atoms with Gasteiger partial charge in [-0.3, -0.25) is 9.59 Å². The van der Waals surface area contributed by atoms with Crippen LogP contribution >= 0.6 is 11.6 Å². The molecule has 1 heterocycles. The van der Waals surface area contributed by atoms with Gasteiger partial charge in [-0.15, -0.1) is 0 Å². The molecule has 0 atom stereocenters. The molecule has 6 heteroatoms. The number of rotatable bonds is 2. The van der Waals surface area contributed by atoms with E-state index < -0.39 is 0 Å². The Hall–Kier alpha value is -2.53. The molecule has 0 saturated carbocycles. The Morgan fingerprint density at radius 3 is 2.55 bits per heavy atom. The molecule has 1 N–H and O–H groups in total. The molecule has 1 aliphatic carbocycles. The molecule has 0 amide bonds. The van der Waals surface area contributed by atoms with Crippen LogP contribution in [0.3, 0.4) is 0 Å². The molecule has 0 aliphatic heterocycles. The van der Waals surface area contributed by atoms with Crippen LogP contribution in [0, 0.1) is 0 Å². The van der Waals surface area contributed by atoms with Gasteiger partial charge in [0, 0.05) is 29.2 Å². The van der Waals surface area contributed by atoms with E-state index in [4.69, 9.17) is 11.6 Å². The second-order valence-corrected chi connectivity index (χ2v) is 4.58. The van der Waals surface area contributed by atoms with Gasteiger partial charge in [-0.25, -0.2) is 9.97 Å². The Balaban J connectivity index is 1.96. The molecule has 0 radical (unpaired) electrons. The van der Waals surface area contributed by atoms with Crippen LogP contribution in [0.4, 0.5) is 5.69 Å². The van der Waals surface area contributed by atoms with Gasteiger partial charge >= 0.3 is 0 Å². The molecule has 98 valence electrons. The van der Waals surface area contributed by atoms with E-state index in [-0.39, 0.29) is 28.7 Å². The Labute approximate surface area is 119 Å². The van der Waals surface area contributed by atoms with Crippen molar-refractivity contribution in [2.24, 2.45) is 0 Å². The molecule has 20 heavy (non-hydrogen) atoms. The predicted octanol–water partition coefficient (Wildman–Crippen LogP) is 2.51. The summed E-state index contributed by atoms with van der Waals surface area (Å²) in [7, 11) is 0. The molecule has 0 unspecified atom stereocenters. The highest BCUT2D eigenvalue weighted by molar-refractivity contribution is 6.31. The van der Waals surface area contributed by atoms with Crippen LogP contribution < -0.4 is 5.32 Å². The van der Waals surface area contributed by atoms with Crippen molar-refractivity contribution in [3.8, 4) is 0 Å². The van der Waals surface area contributed by atoms with Crippen LogP contribution in [-0.2, 0) is 0 Å². The van der Waals surface area contributed by atoms with E-state index >= 15 is 0 Å². The summed E-state index contributed by atoms with van der Waals surface area (Å²) >= 11 is 5.87. The lowest BCUT2D eigenvalue weighted by molar-refractivity contribution is 0.0978. The highest BCUT2D eigenvalue weighted by atomic mass is 35.5. The highest BCUT2D eigenvalue weighted by Gasteiger charge is 2.27. The van der Waals surface area contributed by atoms with Gasteiger partial charge in [-0.05, 0) is 18.2 Å². The fourth-order valence-corrected chi connectivity index (χ4v) is 2.08. The molecule has 2 aromatic rings. The normalized spacial score (nSPS) is 13.8. The highest BCUT2D eigenvalue weighted by Crippen LogP contribution is 2.21. The van der Waals surface area contributed by atoms with Crippen molar-refractivity contribution in [1.82, 2.24) is 9.97 Å². The summed E-state index contributed by atoms with van der Waals surface area (Å²) in [6.07, 6.45) is 3.99. The van der Waals surface area contributed by atoms with Crippen molar-refractivity contribution < 1.29 is 9.59 Å². The second-order valence-electron chi connectivity index (χ2n) is 4.14. The summed E-state index contributed by atoms with van der Waals surface area (Å²) in [5.41, 5.74) is 0.918. The third-order valence-electron chi connectivity index (χ3n) is 2.77. The van der Waals surface area contributed by atoms with Crippen LogP contribution in [0.25, 0.3) is 0 Å². The smallest absolute Gasteiger partial charge is 0.229 e. The molecule has 0 saturated heterocycles. The maximum Gasteiger partial charge on any atom is 0.229 e. The lowest BCUT2D eigenvalue weighted by atomic mass is 10.0. The predicted molar refractivity (Wildman–Crippen MR) is 73.9 cm³/mol. The molecule has 1 aliphatic rings. The average Bonchev–Trinajstić information content (AvgIpc) is 2.45. The SMILES string of the molecule is O=C1C=C(Nc2cccc(Cl)c2)C(=O)c2nccnc21. The van der Waals surface area contributed by atoms with Gasteiger partial charge < -0.3 is 5.32 Å². The van der Waals surface area contributed by atoms with Crippen molar-refractivity contribution in [3.63, 3.8) is 0 Å². The first-order chi connectivity index (χ1) is 9.65. The van der Waals surface area contributed by atoms with Gasteiger partial charge in [0.25, 0.3) is 0 Å². The van der Waals surface area contributed by atoms with E-state index in [1.807, 2.05) is 0 Å². The van der Waals surface area contributed by atoms with E-state index in [1.54, 1.807) is 24.3 Å². The van der Waals surface area contributed by atoms with Gasteiger partial charge in [0.1, 0.15) is 11.4 Å². The minimum Gasteiger partial charge on any atom is -0.352 e. The summed E-state index contributed by atoms with van der Waals surface area (Å²) in [6.45, 7) is 0. The molecular formula is C14H8ClN3O2. The van der Waals surface area contributed by atoms with E-state index in [2.05, 4.69) is 15.3 Å². The summed E-state index contributed by atoms with van der Waals surface area (Å²) < 4.78 is 0. The zero-order chi connectivity index (χ0) is 14.1. The zero-order valence-electron chi connectivity index (χ0n) is 10.1. The number of halogens is 1. The van der Waals surface area contributed by atoms with E-state index in [0.717, 1.165) is 0 Å². The number of aromatic nitrogens is 2. The van der Waals surface area contributed by atoms with Crippen LogP contribution in [-0.4, -0.2) is 21.5 Å². The second kappa shape index (κ2) is 4.86. The van der Waals surface area contributed by atoms with Gasteiger partial charge in [0.05, 0.1) is 5.70 Å². The van der Waals surface area contributed by atoms with Crippen LogP contribution in [0.5, 0.6) is 0 Å². The van der Waals surface area contributed by atoms with Gasteiger partial charge in [-0.2, -0.15) is 0 Å². The lowest BCUT2D eigenvalue weighted by Gasteiger charge is -2.14. The Morgan fingerprint density at radius 2 is 1.80 bits per heavy atom. The summed E-state index contributed by atoms with van der Waals surface area (Å²) in [5, 5.41) is 3.41. The number of Topliss-reactive ketones (excluding diaryl/α,β-unsaturated/α-hetero) is 1. The number of hydrogen-bond donors (Lipinski definition) is 1. The van der Waals surface area contributed by atoms with Crippen molar-refractivity contribution in [2.75, 3.05) is 5.32 Å². The summed E-state index contributed by atoms with van der Waals surface area (Å²) in [4.78, 5) is 31.9. The molecular weight excluding hydrogens is 278 g/mol.